The Balaban J connectivity index is 1.70. The third-order valence-electron chi connectivity index (χ3n) is 5.79. The molecule has 6 heteroatoms. The Bertz CT molecular complexity index is 821. The number of anilines is 2. The number of rotatable bonds is 6. The SMILES string of the molecule is CN(C)c1ccc([C@H](CNC(=O)NC(C)(C)C)[NH+]2CCN(c3ccccc3)CC2)cc1. The second-order valence-electron chi connectivity index (χ2n) is 9.60. The lowest BCUT2D eigenvalue weighted by molar-refractivity contribution is -0.931. The third kappa shape index (κ3) is 6.62. The van der Waals surface area contributed by atoms with Crippen molar-refractivity contribution in [2.75, 3.05) is 56.6 Å². The highest BCUT2D eigenvalue weighted by atomic mass is 16.2. The first kappa shape index (κ1) is 22.9. The number of piperazine rings is 1. The molecule has 0 saturated carbocycles. The molecule has 0 bridgehead atoms. The van der Waals surface area contributed by atoms with E-state index in [0.717, 1.165) is 26.2 Å². The third-order valence-corrected chi connectivity index (χ3v) is 5.79. The van der Waals surface area contributed by atoms with Gasteiger partial charge in [0.1, 0.15) is 6.04 Å². The van der Waals surface area contributed by atoms with Gasteiger partial charge in [-0.25, -0.2) is 4.79 Å². The first-order valence-electron chi connectivity index (χ1n) is 11.2. The van der Waals surface area contributed by atoms with Gasteiger partial charge in [0.2, 0.25) is 0 Å². The summed E-state index contributed by atoms with van der Waals surface area (Å²) in [5.74, 6) is 0. The molecule has 6 nitrogen and oxygen atoms in total. The number of carbonyl (C=O) groups is 1. The molecule has 0 aromatic heterocycles. The first-order valence-corrected chi connectivity index (χ1v) is 11.2. The van der Waals surface area contributed by atoms with Crippen molar-refractivity contribution in [2.45, 2.75) is 32.4 Å². The van der Waals surface area contributed by atoms with E-state index in [1.807, 2.05) is 20.8 Å². The van der Waals surface area contributed by atoms with Crippen LogP contribution in [0.25, 0.3) is 0 Å². The molecule has 1 fully saturated rings. The fraction of sp³-hybridized carbons (Fsp3) is 0.480. The van der Waals surface area contributed by atoms with Crippen molar-refractivity contribution in [3.63, 3.8) is 0 Å². The quantitative estimate of drug-likeness (QED) is 0.667. The van der Waals surface area contributed by atoms with Gasteiger partial charge < -0.3 is 25.3 Å². The Kier molecular flexibility index (Phi) is 7.44. The van der Waals surface area contributed by atoms with E-state index in [2.05, 4.69) is 89.1 Å². The number of urea groups is 1. The average Bonchev–Trinajstić information content (AvgIpc) is 2.74. The molecule has 1 saturated heterocycles. The summed E-state index contributed by atoms with van der Waals surface area (Å²) < 4.78 is 0. The zero-order chi connectivity index (χ0) is 22.4. The van der Waals surface area contributed by atoms with Crippen LogP contribution >= 0.6 is 0 Å². The van der Waals surface area contributed by atoms with Crippen LogP contribution in [-0.4, -0.2) is 58.4 Å². The maximum Gasteiger partial charge on any atom is 0.315 e. The zero-order valence-electron chi connectivity index (χ0n) is 19.6. The van der Waals surface area contributed by atoms with Crippen molar-refractivity contribution < 1.29 is 9.69 Å². The van der Waals surface area contributed by atoms with Gasteiger partial charge in [-0.15, -0.1) is 0 Å². The van der Waals surface area contributed by atoms with Crippen LogP contribution in [-0.2, 0) is 0 Å². The van der Waals surface area contributed by atoms with Gasteiger partial charge in [-0.1, -0.05) is 30.3 Å². The number of para-hydroxylation sites is 1. The minimum Gasteiger partial charge on any atom is -0.378 e. The average molecular weight is 425 g/mol. The summed E-state index contributed by atoms with van der Waals surface area (Å²) >= 11 is 0. The molecule has 0 aliphatic carbocycles. The van der Waals surface area contributed by atoms with E-state index < -0.39 is 0 Å². The summed E-state index contributed by atoms with van der Waals surface area (Å²) in [5.41, 5.74) is 3.49. The lowest BCUT2D eigenvalue weighted by atomic mass is 10.0. The number of hydrogen-bond donors (Lipinski definition) is 3. The summed E-state index contributed by atoms with van der Waals surface area (Å²) in [5, 5.41) is 6.13. The monoisotopic (exact) mass is 424 g/mol. The normalized spacial score (nSPS) is 16.0. The molecule has 31 heavy (non-hydrogen) atoms. The Labute approximate surface area is 187 Å². The zero-order valence-corrected chi connectivity index (χ0v) is 19.6. The predicted molar refractivity (Wildman–Crippen MR) is 129 cm³/mol. The number of hydrogen-bond acceptors (Lipinski definition) is 3. The van der Waals surface area contributed by atoms with Crippen LogP contribution in [0.3, 0.4) is 0 Å². The Morgan fingerprint density at radius 1 is 1.03 bits per heavy atom. The van der Waals surface area contributed by atoms with Gasteiger partial charge >= 0.3 is 6.03 Å². The molecule has 3 N–H and O–H groups in total. The van der Waals surface area contributed by atoms with Gasteiger partial charge in [0.05, 0.1) is 32.7 Å². The second-order valence-corrected chi connectivity index (χ2v) is 9.60. The minimum atomic E-state index is -0.249. The van der Waals surface area contributed by atoms with Crippen LogP contribution < -0.4 is 25.3 Å². The van der Waals surface area contributed by atoms with Crippen molar-refractivity contribution in [3.8, 4) is 0 Å². The molecule has 1 aliphatic heterocycles. The summed E-state index contributed by atoms with van der Waals surface area (Å²) in [6, 6.07) is 19.5. The highest BCUT2D eigenvalue weighted by Gasteiger charge is 2.29. The molecular formula is C25H38N5O+. The van der Waals surface area contributed by atoms with E-state index in [-0.39, 0.29) is 17.6 Å². The Morgan fingerprint density at radius 3 is 2.19 bits per heavy atom. The molecule has 2 amide bonds. The minimum absolute atomic E-state index is 0.107. The molecule has 0 unspecified atom stereocenters. The maximum absolute atomic E-state index is 12.4. The molecule has 0 radical (unpaired) electrons. The van der Waals surface area contributed by atoms with Crippen molar-refractivity contribution in [2.24, 2.45) is 0 Å². The van der Waals surface area contributed by atoms with E-state index in [1.165, 1.54) is 21.8 Å². The molecule has 0 spiro atoms. The number of carbonyl (C=O) groups excluding carboxylic acids is 1. The molecule has 2 aromatic rings. The number of nitrogens with zero attached hydrogens (tertiary/aromatic N) is 2. The molecule has 1 heterocycles. The first-order chi connectivity index (χ1) is 14.7. The van der Waals surface area contributed by atoms with E-state index in [1.54, 1.807) is 0 Å². The van der Waals surface area contributed by atoms with Gasteiger partial charge in [-0.2, -0.15) is 0 Å². The summed E-state index contributed by atoms with van der Waals surface area (Å²) in [6.45, 7) is 10.7. The highest BCUT2D eigenvalue weighted by molar-refractivity contribution is 5.74. The van der Waals surface area contributed by atoms with E-state index >= 15 is 0 Å². The molecule has 2 aromatic carbocycles. The van der Waals surface area contributed by atoms with Crippen molar-refractivity contribution in [1.29, 1.82) is 0 Å². The number of nitrogens with one attached hydrogen (secondary N) is 3. The van der Waals surface area contributed by atoms with Crippen LogP contribution in [0, 0.1) is 0 Å². The molecular weight excluding hydrogens is 386 g/mol. The summed E-state index contributed by atoms with van der Waals surface area (Å²) in [6.07, 6.45) is 0. The maximum atomic E-state index is 12.4. The molecule has 1 atom stereocenters. The van der Waals surface area contributed by atoms with Crippen LogP contribution in [0.2, 0.25) is 0 Å². The van der Waals surface area contributed by atoms with Gasteiger partial charge in [0, 0.05) is 36.6 Å². The topological polar surface area (TPSA) is 52.1 Å². The standard InChI is InChI=1S/C25H37N5O/c1-25(2,3)27-24(31)26-19-23(20-11-13-21(14-12-20)28(4)5)30-17-15-29(16-18-30)22-9-7-6-8-10-22/h6-14,23H,15-19H2,1-5H3,(H2,26,27,31)/p+1/t23-/m0/s1. The van der Waals surface area contributed by atoms with Crippen molar-refractivity contribution >= 4 is 17.4 Å². The van der Waals surface area contributed by atoms with Gasteiger partial charge in [-0.05, 0) is 45.0 Å². The molecule has 1 aliphatic rings. The fourth-order valence-electron chi connectivity index (χ4n) is 4.12. The van der Waals surface area contributed by atoms with Crippen LogP contribution in [0.5, 0.6) is 0 Å². The number of benzene rings is 2. The van der Waals surface area contributed by atoms with E-state index in [4.69, 9.17) is 0 Å². The van der Waals surface area contributed by atoms with Crippen molar-refractivity contribution in [3.05, 3.63) is 60.2 Å². The van der Waals surface area contributed by atoms with E-state index in [0.29, 0.717) is 6.54 Å². The van der Waals surface area contributed by atoms with Crippen LogP contribution in [0.4, 0.5) is 16.2 Å². The second kappa shape index (κ2) is 10.1. The Hall–Kier alpha value is -2.73. The van der Waals surface area contributed by atoms with Crippen LogP contribution in [0.15, 0.2) is 54.6 Å². The summed E-state index contributed by atoms with van der Waals surface area (Å²) in [7, 11) is 4.11. The molecule has 168 valence electrons. The van der Waals surface area contributed by atoms with Crippen molar-refractivity contribution in [1.82, 2.24) is 10.6 Å². The smallest absolute Gasteiger partial charge is 0.315 e. The number of quaternary nitrogens is 1. The lowest BCUT2D eigenvalue weighted by Gasteiger charge is -2.38. The Morgan fingerprint density at radius 2 is 1.65 bits per heavy atom. The highest BCUT2D eigenvalue weighted by Crippen LogP contribution is 2.18. The number of amides is 2. The largest absolute Gasteiger partial charge is 0.378 e. The van der Waals surface area contributed by atoms with Gasteiger partial charge in [0.15, 0.2) is 0 Å². The molecule has 3 rings (SSSR count). The van der Waals surface area contributed by atoms with Crippen LogP contribution in [0.1, 0.15) is 32.4 Å². The summed E-state index contributed by atoms with van der Waals surface area (Å²) in [4.78, 5) is 18.5. The van der Waals surface area contributed by atoms with Gasteiger partial charge in [-0.3, -0.25) is 0 Å². The predicted octanol–water partition coefficient (Wildman–Crippen LogP) is 2.30. The van der Waals surface area contributed by atoms with E-state index in [9.17, 15) is 4.79 Å². The fourth-order valence-corrected chi connectivity index (χ4v) is 4.12. The lowest BCUT2D eigenvalue weighted by Crippen LogP contribution is -3.15. The van der Waals surface area contributed by atoms with Gasteiger partial charge in [0.25, 0.3) is 0 Å².